The summed E-state index contributed by atoms with van der Waals surface area (Å²) < 4.78 is 17.0. The lowest BCUT2D eigenvalue weighted by atomic mass is 10.3. The first kappa shape index (κ1) is 15.6. The Morgan fingerprint density at radius 2 is 2.11 bits per heavy atom. The number of ether oxygens (including phenoxy) is 1. The molecule has 0 saturated heterocycles. The van der Waals surface area contributed by atoms with E-state index >= 15 is 0 Å². The molecule has 0 spiro atoms. The fraction of sp³-hybridized carbons (Fsp3) is 0.231. The summed E-state index contributed by atoms with van der Waals surface area (Å²) in [5.74, 6) is 2.23. The van der Waals surface area contributed by atoms with E-state index in [0.717, 1.165) is 16.4 Å². The van der Waals surface area contributed by atoms with Crippen molar-refractivity contribution in [1.29, 1.82) is 0 Å². The molecular formula is C13H16O2S3. The van der Waals surface area contributed by atoms with E-state index in [1.165, 1.54) is 0 Å². The third-order valence-corrected chi connectivity index (χ3v) is 5.23. The van der Waals surface area contributed by atoms with Crippen LogP contribution in [-0.2, 0) is 11.2 Å². The highest BCUT2D eigenvalue weighted by Gasteiger charge is 2.08. The molecule has 0 aliphatic carbocycles. The number of hydrogen-bond acceptors (Lipinski definition) is 4. The van der Waals surface area contributed by atoms with E-state index in [-0.39, 0.29) is 0 Å². The zero-order valence-corrected chi connectivity index (χ0v) is 12.7. The minimum Gasteiger partial charge on any atom is -0.611 e. The van der Waals surface area contributed by atoms with Gasteiger partial charge in [-0.05, 0) is 46.9 Å². The molecule has 0 bridgehead atoms. The molecule has 1 rings (SSSR count). The van der Waals surface area contributed by atoms with Gasteiger partial charge in [-0.25, -0.2) is 0 Å². The molecule has 5 heteroatoms. The van der Waals surface area contributed by atoms with Crippen molar-refractivity contribution in [2.75, 3.05) is 18.6 Å². The highest BCUT2D eigenvalue weighted by molar-refractivity contribution is 8.77. The first-order chi connectivity index (χ1) is 8.77. The van der Waals surface area contributed by atoms with Crippen molar-refractivity contribution in [2.24, 2.45) is 0 Å². The summed E-state index contributed by atoms with van der Waals surface area (Å²) in [5, 5.41) is 1.97. The van der Waals surface area contributed by atoms with Gasteiger partial charge < -0.3 is 9.29 Å². The summed E-state index contributed by atoms with van der Waals surface area (Å²) in [6.07, 6.45) is 3.79. The average molecular weight is 300 g/mol. The highest BCUT2D eigenvalue weighted by Crippen LogP contribution is 2.22. The van der Waals surface area contributed by atoms with Gasteiger partial charge >= 0.3 is 0 Å². The fourth-order valence-corrected chi connectivity index (χ4v) is 3.57. The Labute approximate surface area is 119 Å². The summed E-state index contributed by atoms with van der Waals surface area (Å²) in [6.45, 7) is 3.64. The second-order valence-electron chi connectivity index (χ2n) is 3.23. The Morgan fingerprint density at radius 1 is 1.39 bits per heavy atom. The van der Waals surface area contributed by atoms with E-state index in [1.807, 2.05) is 41.8 Å². The zero-order chi connectivity index (χ0) is 13.2. The van der Waals surface area contributed by atoms with Gasteiger partial charge in [-0.15, -0.1) is 6.58 Å². The molecular weight excluding hydrogens is 284 g/mol. The second kappa shape index (κ2) is 9.44. The number of rotatable bonds is 8. The number of benzene rings is 1. The largest absolute Gasteiger partial charge is 0.611 e. The van der Waals surface area contributed by atoms with Crippen molar-refractivity contribution >= 4 is 32.8 Å². The normalized spacial score (nSPS) is 12.6. The Bertz CT molecular complexity index is 376. The molecule has 1 atom stereocenters. The molecule has 0 aliphatic rings. The predicted octanol–water partition coefficient (Wildman–Crippen LogP) is 3.88. The second-order valence-corrected chi connectivity index (χ2v) is 7.04. The van der Waals surface area contributed by atoms with Gasteiger partial charge in [0.2, 0.25) is 0 Å². The van der Waals surface area contributed by atoms with Gasteiger partial charge in [0.15, 0.2) is 4.90 Å². The van der Waals surface area contributed by atoms with Gasteiger partial charge in [0.25, 0.3) is 0 Å². The lowest BCUT2D eigenvalue weighted by Crippen LogP contribution is -2.04. The van der Waals surface area contributed by atoms with E-state index < -0.39 is 11.2 Å². The van der Waals surface area contributed by atoms with Crippen molar-refractivity contribution in [1.82, 2.24) is 0 Å². The third-order valence-electron chi connectivity index (χ3n) is 1.98. The Balaban J connectivity index is 2.34. The van der Waals surface area contributed by atoms with Crippen LogP contribution in [0.3, 0.4) is 0 Å². The minimum atomic E-state index is -0.986. The molecule has 18 heavy (non-hydrogen) atoms. The van der Waals surface area contributed by atoms with Gasteiger partial charge in [0, 0.05) is 5.75 Å². The standard InChI is InChI=1S/C13H16O2S3/c1-3-9-16-17-10-4-11-18(14)13-7-5-12(15-2)6-8-13/h3-8,10H,1,9,11H2,2H3/b10-4-. The number of methoxy groups -OCH3 is 1. The monoisotopic (exact) mass is 300 g/mol. The fourth-order valence-electron chi connectivity index (χ4n) is 1.12. The molecule has 0 aliphatic heterocycles. The van der Waals surface area contributed by atoms with Crippen LogP contribution in [0.15, 0.2) is 53.3 Å². The van der Waals surface area contributed by atoms with Crippen molar-refractivity contribution in [3.8, 4) is 5.75 Å². The smallest absolute Gasteiger partial charge is 0.153 e. The maximum atomic E-state index is 11.9. The first-order valence-electron chi connectivity index (χ1n) is 5.34. The number of hydrogen-bond donors (Lipinski definition) is 0. The van der Waals surface area contributed by atoms with E-state index in [0.29, 0.717) is 5.75 Å². The lowest BCUT2D eigenvalue weighted by molar-refractivity contribution is 0.414. The van der Waals surface area contributed by atoms with Gasteiger partial charge in [0.05, 0.1) is 7.11 Å². The molecule has 0 fully saturated rings. The molecule has 0 aromatic heterocycles. The van der Waals surface area contributed by atoms with E-state index in [4.69, 9.17) is 4.74 Å². The zero-order valence-electron chi connectivity index (χ0n) is 10.2. The lowest BCUT2D eigenvalue weighted by Gasteiger charge is -2.08. The van der Waals surface area contributed by atoms with E-state index in [1.54, 1.807) is 28.7 Å². The first-order valence-corrected chi connectivity index (χ1v) is 9.04. The minimum absolute atomic E-state index is 0.536. The molecule has 1 unspecified atom stereocenters. The van der Waals surface area contributed by atoms with Crippen LogP contribution in [0.5, 0.6) is 5.75 Å². The Kier molecular flexibility index (Phi) is 8.17. The quantitative estimate of drug-likeness (QED) is 0.316. The molecule has 0 N–H and O–H groups in total. The van der Waals surface area contributed by atoms with Crippen LogP contribution in [0.2, 0.25) is 0 Å². The van der Waals surface area contributed by atoms with Crippen LogP contribution in [0.25, 0.3) is 0 Å². The van der Waals surface area contributed by atoms with Crippen molar-refractivity contribution in [3.05, 3.63) is 48.4 Å². The average Bonchev–Trinajstić information content (AvgIpc) is 2.42. The molecule has 1 aromatic rings. The van der Waals surface area contributed by atoms with Crippen LogP contribution >= 0.6 is 21.6 Å². The highest BCUT2D eigenvalue weighted by atomic mass is 33.1. The Hall–Kier alpha value is -0.490. The molecule has 0 amide bonds. The van der Waals surface area contributed by atoms with Crippen molar-refractivity contribution in [2.45, 2.75) is 4.90 Å². The molecule has 98 valence electrons. The van der Waals surface area contributed by atoms with Crippen LogP contribution in [0.4, 0.5) is 0 Å². The predicted molar refractivity (Wildman–Crippen MR) is 83.7 cm³/mol. The summed E-state index contributed by atoms with van der Waals surface area (Å²) in [7, 11) is 4.95. The molecule has 0 heterocycles. The van der Waals surface area contributed by atoms with Crippen LogP contribution in [0.1, 0.15) is 0 Å². The maximum Gasteiger partial charge on any atom is 0.153 e. The van der Waals surface area contributed by atoms with Gasteiger partial charge in [-0.1, -0.05) is 27.7 Å². The third kappa shape index (κ3) is 5.91. The molecule has 2 nitrogen and oxygen atoms in total. The maximum absolute atomic E-state index is 11.9. The van der Waals surface area contributed by atoms with Crippen molar-refractivity contribution < 1.29 is 9.29 Å². The van der Waals surface area contributed by atoms with Crippen molar-refractivity contribution in [3.63, 3.8) is 0 Å². The van der Waals surface area contributed by atoms with Crippen LogP contribution < -0.4 is 4.74 Å². The van der Waals surface area contributed by atoms with Gasteiger partial charge in [0.1, 0.15) is 11.5 Å². The summed E-state index contributed by atoms with van der Waals surface area (Å²) in [4.78, 5) is 0.823. The van der Waals surface area contributed by atoms with E-state index in [9.17, 15) is 4.55 Å². The summed E-state index contributed by atoms with van der Waals surface area (Å²) in [5.41, 5.74) is 0. The van der Waals surface area contributed by atoms with Crippen LogP contribution in [-0.4, -0.2) is 23.2 Å². The van der Waals surface area contributed by atoms with Crippen LogP contribution in [0, 0.1) is 0 Å². The topological polar surface area (TPSA) is 32.3 Å². The van der Waals surface area contributed by atoms with Gasteiger partial charge in [-0.3, -0.25) is 0 Å². The summed E-state index contributed by atoms with van der Waals surface area (Å²) in [6, 6.07) is 7.32. The molecule has 0 radical (unpaired) electrons. The summed E-state index contributed by atoms with van der Waals surface area (Å²) >= 11 is -0.986. The molecule has 1 aromatic carbocycles. The van der Waals surface area contributed by atoms with Gasteiger partial charge in [-0.2, -0.15) is 0 Å². The molecule has 0 saturated carbocycles. The Morgan fingerprint density at radius 3 is 2.72 bits per heavy atom. The SMILES string of the molecule is C=CCSS/C=C\C[S+]([O-])c1ccc(OC)cc1. The van der Waals surface area contributed by atoms with E-state index in [2.05, 4.69) is 6.58 Å².